The summed E-state index contributed by atoms with van der Waals surface area (Å²) in [7, 11) is 0. The summed E-state index contributed by atoms with van der Waals surface area (Å²) in [5.74, 6) is 0.226. The minimum atomic E-state index is -0.701. The highest BCUT2D eigenvalue weighted by Gasteiger charge is 2.17. The quantitative estimate of drug-likeness (QED) is 0.758. The lowest BCUT2D eigenvalue weighted by Crippen LogP contribution is -2.44. The van der Waals surface area contributed by atoms with Crippen molar-refractivity contribution in [1.29, 1.82) is 0 Å². The van der Waals surface area contributed by atoms with E-state index in [1.165, 1.54) is 0 Å². The number of carbonyl (C=O) groups is 1. The van der Waals surface area contributed by atoms with Crippen LogP contribution in [-0.2, 0) is 4.79 Å². The van der Waals surface area contributed by atoms with Crippen molar-refractivity contribution >= 4 is 17.5 Å². The second-order valence-electron chi connectivity index (χ2n) is 4.91. The molecule has 1 rings (SSSR count). The molecule has 0 saturated carbocycles. The van der Waals surface area contributed by atoms with Gasteiger partial charge in [-0.3, -0.25) is 9.69 Å². The van der Waals surface area contributed by atoms with E-state index in [1.54, 1.807) is 29.2 Å². The Bertz CT molecular complexity index is 423. The fourth-order valence-electron chi connectivity index (χ4n) is 1.70. The van der Waals surface area contributed by atoms with Crippen LogP contribution in [0.3, 0.4) is 0 Å². The zero-order valence-electron chi connectivity index (χ0n) is 11.8. The predicted molar refractivity (Wildman–Crippen MR) is 78.9 cm³/mol. The smallest absolute Gasteiger partial charge is 0.231 e. The molecule has 0 radical (unpaired) electrons. The Morgan fingerprint density at radius 1 is 1.40 bits per heavy atom. The van der Waals surface area contributed by atoms with Gasteiger partial charge in [0.1, 0.15) is 18.5 Å². The lowest BCUT2D eigenvalue weighted by Gasteiger charge is -2.27. The van der Waals surface area contributed by atoms with Crippen LogP contribution in [0.5, 0.6) is 5.75 Å². The lowest BCUT2D eigenvalue weighted by atomic mass is 10.2. The number of amides is 1. The molecule has 0 aliphatic heterocycles. The van der Waals surface area contributed by atoms with Crippen molar-refractivity contribution in [2.24, 2.45) is 5.73 Å². The number of rotatable bonds is 8. The van der Waals surface area contributed by atoms with E-state index in [4.69, 9.17) is 22.1 Å². The van der Waals surface area contributed by atoms with Crippen LogP contribution in [0.1, 0.15) is 13.8 Å². The molecule has 0 spiro atoms. The van der Waals surface area contributed by atoms with Crippen molar-refractivity contribution in [3.05, 3.63) is 29.3 Å². The Morgan fingerprint density at radius 3 is 2.50 bits per heavy atom. The molecule has 112 valence electrons. The molecule has 1 unspecified atom stereocenters. The average Bonchev–Trinajstić information content (AvgIpc) is 2.36. The van der Waals surface area contributed by atoms with Crippen molar-refractivity contribution in [3.63, 3.8) is 0 Å². The van der Waals surface area contributed by atoms with Gasteiger partial charge in [-0.2, -0.15) is 0 Å². The third kappa shape index (κ3) is 6.23. The van der Waals surface area contributed by atoms with Gasteiger partial charge < -0.3 is 15.6 Å². The van der Waals surface area contributed by atoms with Crippen LogP contribution >= 0.6 is 11.6 Å². The molecule has 0 fully saturated rings. The number of primary amides is 1. The van der Waals surface area contributed by atoms with Crippen LogP contribution in [0.25, 0.3) is 0 Å². The van der Waals surface area contributed by atoms with Gasteiger partial charge in [-0.15, -0.1) is 0 Å². The lowest BCUT2D eigenvalue weighted by molar-refractivity contribution is -0.120. The number of hydrogen-bond acceptors (Lipinski definition) is 4. The molecule has 1 amide bonds. The van der Waals surface area contributed by atoms with Crippen molar-refractivity contribution < 1.29 is 14.6 Å². The van der Waals surface area contributed by atoms with Crippen LogP contribution in [0, 0.1) is 0 Å². The number of halogens is 1. The Hall–Kier alpha value is -1.30. The van der Waals surface area contributed by atoms with Crippen LogP contribution in [0.15, 0.2) is 24.3 Å². The largest absolute Gasteiger partial charge is 0.491 e. The van der Waals surface area contributed by atoms with Crippen molar-refractivity contribution in [1.82, 2.24) is 4.90 Å². The van der Waals surface area contributed by atoms with E-state index in [9.17, 15) is 9.90 Å². The number of nitrogens with two attached hydrogens (primary N) is 1. The van der Waals surface area contributed by atoms with Gasteiger partial charge in [-0.05, 0) is 38.1 Å². The highest BCUT2D eigenvalue weighted by atomic mass is 35.5. The molecular formula is C14H21ClN2O3. The molecule has 0 saturated heterocycles. The zero-order valence-corrected chi connectivity index (χ0v) is 12.5. The second kappa shape index (κ2) is 8.09. The first-order chi connectivity index (χ1) is 9.38. The summed E-state index contributed by atoms with van der Waals surface area (Å²) >= 11 is 5.77. The summed E-state index contributed by atoms with van der Waals surface area (Å²) in [5.41, 5.74) is 5.18. The van der Waals surface area contributed by atoms with E-state index in [0.717, 1.165) is 0 Å². The highest BCUT2D eigenvalue weighted by Crippen LogP contribution is 2.15. The average molecular weight is 301 g/mol. The maximum Gasteiger partial charge on any atom is 0.231 e. The van der Waals surface area contributed by atoms with Crippen LogP contribution in [0.2, 0.25) is 5.02 Å². The molecule has 0 aliphatic rings. The predicted octanol–water partition coefficient (Wildman–Crippen LogP) is 1.28. The molecule has 0 bridgehead atoms. The second-order valence-corrected chi connectivity index (χ2v) is 5.34. The van der Waals surface area contributed by atoms with E-state index in [0.29, 0.717) is 17.3 Å². The first-order valence-corrected chi connectivity index (χ1v) is 6.85. The molecule has 6 heteroatoms. The van der Waals surface area contributed by atoms with Crippen molar-refractivity contribution in [2.75, 3.05) is 19.7 Å². The Labute approximate surface area is 124 Å². The number of nitrogens with zero attached hydrogens (tertiary/aromatic N) is 1. The van der Waals surface area contributed by atoms with E-state index in [2.05, 4.69) is 0 Å². The molecule has 0 heterocycles. The summed E-state index contributed by atoms with van der Waals surface area (Å²) in [4.78, 5) is 12.8. The van der Waals surface area contributed by atoms with Crippen LogP contribution in [-0.4, -0.2) is 47.8 Å². The van der Waals surface area contributed by atoms with E-state index in [-0.39, 0.29) is 19.2 Å². The number of aliphatic hydroxyl groups excluding tert-OH is 1. The van der Waals surface area contributed by atoms with Gasteiger partial charge in [-0.25, -0.2) is 0 Å². The third-order valence-electron chi connectivity index (χ3n) is 2.79. The fourth-order valence-corrected chi connectivity index (χ4v) is 1.83. The first-order valence-electron chi connectivity index (χ1n) is 6.47. The molecule has 3 N–H and O–H groups in total. The molecule has 1 aromatic rings. The van der Waals surface area contributed by atoms with Gasteiger partial charge in [0.2, 0.25) is 5.91 Å². The summed E-state index contributed by atoms with van der Waals surface area (Å²) in [5, 5.41) is 10.6. The molecule has 0 aliphatic carbocycles. The topological polar surface area (TPSA) is 75.8 Å². The van der Waals surface area contributed by atoms with Gasteiger partial charge in [0, 0.05) is 17.6 Å². The Morgan fingerprint density at radius 2 is 2.00 bits per heavy atom. The first kappa shape index (κ1) is 16.8. The van der Waals surface area contributed by atoms with Gasteiger partial charge in [0.05, 0.1) is 6.54 Å². The normalized spacial score (nSPS) is 12.7. The van der Waals surface area contributed by atoms with Gasteiger partial charge in [-0.1, -0.05) is 11.6 Å². The summed E-state index contributed by atoms with van der Waals surface area (Å²) < 4.78 is 5.46. The number of benzene rings is 1. The summed E-state index contributed by atoms with van der Waals surface area (Å²) in [6, 6.07) is 7.03. The molecule has 0 aromatic heterocycles. The highest BCUT2D eigenvalue weighted by molar-refractivity contribution is 6.30. The fraction of sp³-hybridized carbons (Fsp3) is 0.500. The standard InChI is InChI=1S/C14H21ClN2O3/c1-10(2)17(8-14(16)19)7-12(18)9-20-13-5-3-11(15)4-6-13/h3-6,10,12,18H,7-9H2,1-2H3,(H2,16,19). The van der Waals surface area contributed by atoms with Gasteiger partial charge >= 0.3 is 0 Å². The van der Waals surface area contributed by atoms with Crippen LogP contribution in [0.4, 0.5) is 0 Å². The third-order valence-corrected chi connectivity index (χ3v) is 3.04. The number of ether oxygens (including phenoxy) is 1. The van der Waals surface area contributed by atoms with E-state index < -0.39 is 12.0 Å². The minimum absolute atomic E-state index is 0.118. The molecule has 1 atom stereocenters. The monoisotopic (exact) mass is 300 g/mol. The van der Waals surface area contributed by atoms with Crippen molar-refractivity contribution in [2.45, 2.75) is 26.0 Å². The molecule has 5 nitrogen and oxygen atoms in total. The minimum Gasteiger partial charge on any atom is -0.491 e. The number of aliphatic hydroxyl groups is 1. The zero-order chi connectivity index (χ0) is 15.1. The Balaban J connectivity index is 2.43. The molecule has 1 aromatic carbocycles. The van der Waals surface area contributed by atoms with Gasteiger partial charge in [0.25, 0.3) is 0 Å². The summed E-state index contributed by atoms with van der Waals surface area (Å²) in [6.07, 6.45) is -0.701. The van der Waals surface area contributed by atoms with Crippen LogP contribution < -0.4 is 10.5 Å². The maximum atomic E-state index is 11.0. The molecule has 20 heavy (non-hydrogen) atoms. The van der Waals surface area contributed by atoms with Crippen molar-refractivity contribution in [3.8, 4) is 5.75 Å². The number of carbonyl (C=O) groups excluding carboxylic acids is 1. The summed E-state index contributed by atoms with van der Waals surface area (Å²) in [6.45, 7) is 4.47. The Kier molecular flexibility index (Phi) is 6.78. The van der Waals surface area contributed by atoms with E-state index >= 15 is 0 Å². The number of hydrogen-bond donors (Lipinski definition) is 2. The van der Waals surface area contributed by atoms with E-state index in [1.807, 2.05) is 13.8 Å². The maximum absolute atomic E-state index is 11.0. The molecular weight excluding hydrogens is 280 g/mol. The SMILES string of the molecule is CC(C)N(CC(N)=O)CC(O)COc1ccc(Cl)cc1. The van der Waals surface area contributed by atoms with Gasteiger partial charge in [0.15, 0.2) is 0 Å².